The maximum Gasteiger partial charge on any atom is 0.279 e. The highest BCUT2D eigenvalue weighted by Gasteiger charge is 2.19. The van der Waals surface area contributed by atoms with E-state index in [1.54, 1.807) is 0 Å². The van der Waals surface area contributed by atoms with Crippen molar-refractivity contribution in [3.05, 3.63) is 52.1 Å². The molecule has 0 bridgehead atoms. The SMILES string of the molecule is NCc1ccc(S(=O)(=O)Nc2cc(Br)c(F)cc2F)nc1. The fraction of sp³-hybridized carbons (Fsp3) is 0.0833. The maximum atomic E-state index is 13.6. The van der Waals surface area contributed by atoms with E-state index in [4.69, 9.17) is 5.73 Å². The third kappa shape index (κ3) is 3.55. The summed E-state index contributed by atoms with van der Waals surface area (Å²) in [4.78, 5) is 3.75. The number of rotatable bonds is 4. The van der Waals surface area contributed by atoms with E-state index >= 15 is 0 Å². The molecule has 1 aromatic heterocycles. The van der Waals surface area contributed by atoms with E-state index in [1.165, 1.54) is 18.3 Å². The molecule has 0 aliphatic rings. The van der Waals surface area contributed by atoms with Gasteiger partial charge in [-0.25, -0.2) is 13.8 Å². The molecule has 0 aliphatic carbocycles. The van der Waals surface area contributed by atoms with Gasteiger partial charge in [0.1, 0.15) is 11.6 Å². The number of halogens is 3. The van der Waals surface area contributed by atoms with Gasteiger partial charge in [0, 0.05) is 18.8 Å². The molecule has 3 N–H and O–H groups in total. The molecule has 0 spiro atoms. The number of nitrogens with one attached hydrogen (secondary N) is 1. The number of nitrogens with zero attached hydrogens (tertiary/aromatic N) is 1. The van der Waals surface area contributed by atoms with Crippen LogP contribution >= 0.6 is 15.9 Å². The Hall–Kier alpha value is -1.58. The third-order valence-electron chi connectivity index (χ3n) is 2.56. The first-order valence-corrected chi connectivity index (χ1v) is 7.93. The summed E-state index contributed by atoms with van der Waals surface area (Å²) in [6, 6.07) is 4.32. The predicted molar refractivity (Wildman–Crippen MR) is 77.0 cm³/mol. The molecule has 0 aliphatic heterocycles. The largest absolute Gasteiger partial charge is 0.326 e. The molecule has 0 unspecified atom stereocenters. The molecule has 0 amide bonds. The minimum Gasteiger partial charge on any atom is -0.326 e. The first-order chi connectivity index (χ1) is 9.83. The first-order valence-electron chi connectivity index (χ1n) is 5.66. The van der Waals surface area contributed by atoms with Crippen molar-refractivity contribution in [1.82, 2.24) is 4.98 Å². The van der Waals surface area contributed by atoms with Gasteiger partial charge >= 0.3 is 0 Å². The molecule has 21 heavy (non-hydrogen) atoms. The van der Waals surface area contributed by atoms with E-state index in [0.29, 0.717) is 11.6 Å². The molecule has 0 saturated heterocycles. The smallest absolute Gasteiger partial charge is 0.279 e. The molecule has 0 fully saturated rings. The molecule has 112 valence electrons. The van der Waals surface area contributed by atoms with Gasteiger partial charge in [0.2, 0.25) is 0 Å². The quantitative estimate of drug-likeness (QED) is 0.801. The van der Waals surface area contributed by atoms with Crippen LogP contribution in [0.15, 0.2) is 40.0 Å². The Morgan fingerprint density at radius 1 is 1.24 bits per heavy atom. The van der Waals surface area contributed by atoms with Gasteiger partial charge in [-0.1, -0.05) is 6.07 Å². The van der Waals surface area contributed by atoms with Gasteiger partial charge < -0.3 is 5.73 Å². The highest BCUT2D eigenvalue weighted by molar-refractivity contribution is 9.10. The van der Waals surface area contributed by atoms with Crippen LogP contribution < -0.4 is 10.5 Å². The number of anilines is 1. The second-order valence-electron chi connectivity index (χ2n) is 4.06. The van der Waals surface area contributed by atoms with Crippen molar-refractivity contribution < 1.29 is 17.2 Å². The van der Waals surface area contributed by atoms with Gasteiger partial charge in [0.05, 0.1) is 10.2 Å². The summed E-state index contributed by atoms with van der Waals surface area (Å²) in [6.45, 7) is 0.223. The van der Waals surface area contributed by atoms with Crippen LogP contribution in [-0.4, -0.2) is 13.4 Å². The molecule has 5 nitrogen and oxygen atoms in total. The number of benzene rings is 1. The summed E-state index contributed by atoms with van der Waals surface area (Å²) in [5.74, 6) is -1.86. The average molecular weight is 378 g/mol. The molecule has 1 heterocycles. The Kier molecular flexibility index (Phi) is 4.55. The molecular formula is C12H10BrF2N3O2S. The summed E-state index contributed by atoms with van der Waals surface area (Å²) in [5.41, 5.74) is 5.66. The molecular weight excluding hydrogens is 368 g/mol. The lowest BCUT2D eigenvalue weighted by molar-refractivity contribution is 0.578. The number of sulfonamides is 1. The Labute approximate surface area is 128 Å². The van der Waals surface area contributed by atoms with E-state index in [1.807, 2.05) is 4.72 Å². The maximum absolute atomic E-state index is 13.6. The highest BCUT2D eigenvalue weighted by atomic mass is 79.9. The monoisotopic (exact) mass is 377 g/mol. The second-order valence-corrected chi connectivity index (χ2v) is 6.54. The molecule has 0 radical (unpaired) electrons. The fourth-order valence-corrected chi connectivity index (χ4v) is 2.82. The number of hydrogen-bond acceptors (Lipinski definition) is 4. The zero-order valence-electron chi connectivity index (χ0n) is 10.5. The minimum atomic E-state index is -4.08. The van der Waals surface area contributed by atoms with Crippen LogP contribution in [-0.2, 0) is 16.6 Å². The molecule has 9 heteroatoms. The van der Waals surface area contributed by atoms with Gasteiger partial charge in [0.15, 0.2) is 5.03 Å². The summed E-state index contributed by atoms with van der Waals surface area (Å²) in [7, 11) is -4.08. The normalized spacial score (nSPS) is 11.4. The molecule has 0 atom stereocenters. The lowest BCUT2D eigenvalue weighted by Crippen LogP contribution is -2.16. The lowest BCUT2D eigenvalue weighted by atomic mass is 10.3. The van der Waals surface area contributed by atoms with Gasteiger partial charge in [-0.2, -0.15) is 8.42 Å². The second kappa shape index (κ2) is 6.04. The lowest BCUT2D eigenvalue weighted by Gasteiger charge is -2.09. The van der Waals surface area contributed by atoms with Crippen molar-refractivity contribution in [1.29, 1.82) is 0 Å². The number of nitrogens with two attached hydrogens (primary N) is 1. The van der Waals surface area contributed by atoms with E-state index in [-0.39, 0.29) is 21.7 Å². The molecule has 2 rings (SSSR count). The Morgan fingerprint density at radius 3 is 2.52 bits per heavy atom. The zero-order chi connectivity index (χ0) is 15.6. The molecule has 1 aromatic carbocycles. The predicted octanol–water partition coefficient (Wildman–Crippen LogP) is 2.38. The number of aromatic nitrogens is 1. The Balaban J connectivity index is 2.34. The molecule has 2 aromatic rings. The van der Waals surface area contributed by atoms with Crippen LogP contribution in [0.2, 0.25) is 0 Å². The van der Waals surface area contributed by atoms with Gasteiger partial charge in [-0.05, 0) is 33.6 Å². The van der Waals surface area contributed by atoms with Crippen molar-refractivity contribution in [3.8, 4) is 0 Å². The van der Waals surface area contributed by atoms with Crippen molar-refractivity contribution >= 4 is 31.6 Å². The van der Waals surface area contributed by atoms with Crippen LogP contribution in [0.3, 0.4) is 0 Å². The van der Waals surface area contributed by atoms with Gasteiger partial charge in [-0.3, -0.25) is 4.72 Å². The van der Waals surface area contributed by atoms with Crippen LogP contribution in [0.25, 0.3) is 0 Å². The van der Waals surface area contributed by atoms with Gasteiger partial charge in [-0.15, -0.1) is 0 Å². The van der Waals surface area contributed by atoms with Crippen LogP contribution in [0, 0.1) is 11.6 Å². The van der Waals surface area contributed by atoms with E-state index in [0.717, 1.165) is 6.07 Å². The van der Waals surface area contributed by atoms with Crippen LogP contribution in [0.1, 0.15) is 5.56 Å². The summed E-state index contributed by atoms with van der Waals surface area (Å²) < 4.78 is 52.8. The number of hydrogen-bond donors (Lipinski definition) is 2. The summed E-state index contributed by atoms with van der Waals surface area (Å²) in [6.07, 6.45) is 1.31. The topological polar surface area (TPSA) is 85.1 Å². The van der Waals surface area contributed by atoms with Crippen molar-refractivity contribution in [3.63, 3.8) is 0 Å². The van der Waals surface area contributed by atoms with Crippen molar-refractivity contribution in [2.24, 2.45) is 5.73 Å². The fourth-order valence-electron chi connectivity index (χ4n) is 1.49. The Bertz CT molecular complexity index is 767. The zero-order valence-corrected chi connectivity index (χ0v) is 12.9. The van der Waals surface area contributed by atoms with Crippen molar-refractivity contribution in [2.45, 2.75) is 11.6 Å². The molecule has 0 saturated carbocycles. The van der Waals surface area contributed by atoms with E-state index in [2.05, 4.69) is 20.9 Å². The summed E-state index contributed by atoms with van der Waals surface area (Å²) in [5, 5.41) is -0.292. The first kappa shape index (κ1) is 15.8. The third-order valence-corrected chi connectivity index (χ3v) is 4.45. The number of pyridine rings is 1. The standard InChI is InChI=1S/C12H10BrF2N3O2S/c13-8-3-11(10(15)4-9(8)14)18-21(19,20)12-2-1-7(5-16)6-17-12/h1-4,6,18H,5,16H2. The highest BCUT2D eigenvalue weighted by Crippen LogP contribution is 2.25. The van der Waals surface area contributed by atoms with Crippen LogP contribution in [0.5, 0.6) is 0 Å². The van der Waals surface area contributed by atoms with E-state index < -0.39 is 21.7 Å². The summed E-state index contributed by atoms with van der Waals surface area (Å²) >= 11 is 2.86. The van der Waals surface area contributed by atoms with E-state index in [9.17, 15) is 17.2 Å². The van der Waals surface area contributed by atoms with Crippen LogP contribution in [0.4, 0.5) is 14.5 Å². The van der Waals surface area contributed by atoms with Crippen molar-refractivity contribution in [2.75, 3.05) is 4.72 Å². The Morgan fingerprint density at radius 2 is 1.95 bits per heavy atom. The average Bonchev–Trinajstić information content (AvgIpc) is 2.44. The van der Waals surface area contributed by atoms with Gasteiger partial charge in [0.25, 0.3) is 10.0 Å². The minimum absolute atomic E-state index is 0.0620.